The molecule has 222 valence electrons. The minimum atomic E-state index is -4.41. The van der Waals surface area contributed by atoms with Gasteiger partial charge in [0, 0.05) is 24.8 Å². The second-order valence-electron chi connectivity index (χ2n) is 9.50. The van der Waals surface area contributed by atoms with Gasteiger partial charge in [0.2, 0.25) is 0 Å². The topological polar surface area (TPSA) is 201 Å². The molecule has 2 aromatic rings. The number of carbonyl (C=O) groups is 1. The van der Waals surface area contributed by atoms with Gasteiger partial charge >= 0.3 is 19.4 Å². The number of hydrogen-bond donors (Lipinski definition) is 3. The Kier molecular flexibility index (Phi) is 9.62. The fourth-order valence-corrected chi connectivity index (χ4v) is 6.78. The van der Waals surface area contributed by atoms with Crippen LogP contribution in [0, 0.1) is 10.1 Å². The molecule has 0 amide bonds. The summed E-state index contributed by atoms with van der Waals surface area (Å²) in [6.07, 6.45) is 1.31. The maximum Gasteiger partial charge on any atom is 0.459 e. The van der Waals surface area contributed by atoms with E-state index in [2.05, 4.69) is 26.0 Å². The number of aliphatic hydroxyl groups is 1. The quantitative estimate of drug-likeness (QED) is 0.138. The van der Waals surface area contributed by atoms with E-state index in [0.717, 1.165) is 16.7 Å². The summed E-state index contributed by atoms with van der Waals surface area (Å²) >= 11 is 3.08. The number of rotatable bonds is 11. The van der Waals surface area contributed by atoms with E-state index in [1.54, 1.807) is 0 Å². The van der Waals surface area contributed by atoms with Crippen molar-refractivity contribution in [2.75, 3.05) is 13.7 Å². The SMILES string of the molecule is COC(=O)C1(NP(=O)(OCC2O[C@@H](n3cc(/C=C/Br)c(=O)[nH]c3=O)C[C@H]2O)Oc2ccc([N+](=O)[O-])cc2)CCCC1. The highest BCUT2D eigenvalue weighted by Gasteiger charge is 2.49. The Morgan fingerprint density at radius 3 is 2.63 bits per heavy atom. The summed E-state index contributed by atoms with van der Waals surface area (Å²) in [6, 6.07) is 4.77. The second-order valence-corrected chi connectivity index (χ2v) is 11.7. The van der Waals surface area contributed by atoms with Gasteiger partial charge < -0.3 is 19.1 Å². The number of nitro benzene ring substituents is 1. The van der Waals surface area contributed by atoms with Crippen LogP contribution >= 0.6 is 23.7 Å². The van der Waals surface area contributed by atoms with Crippen molar-refractivity contribution in [3.8, 4) is 5.75 Å². The molecule has 17 heteroatoms. The van der Waals surface area contributed by atoms with Gasteiger partial charge in [-0.25, -0.2) is 9.36 Å². The van der Waals surface area contributed by atoms with Crippen molar-refractivity contribution in [1.29, 1.82) is 0 Å². The van der Waals surface area contributed by atoms with E-state index in [1.807, 2.05) is 0 Å². The number of halogens is 1. The number of nitro groups is 1. The number of H-pyrrole nitrogens is 1. The van der Waals surface area contributed by atoms with Gasteiger partial charge in [0.15, 0.2) is 0 Å². The zero-order valence-electron chi connectivity index (χ0n) is 21.8. The van der Waals surface area contributed by atoms with Gasteiger partial charge in [0.1, 0.15) is 23.6 Å². The molecule has 0 bridgehead atoms. The third kappa shape index (κ3) is 7.02. The largest absolute Gasteiger partial charge is 0.468 e. The summed E-state index contributed by atoms with van der Waals surface area (Å²) < 4.78 is 37.3. The van der Waals surface area contributed by atoms with E-state index in [-0.39, 0.29) is 23.4 Å². The lowest BCUT2D eigenvalue weighted by Crippen LogP contribution is -2.50. The molecule has 0 spiro atoms. The number of benzene rings is 1. The zero-order valence-corrected chi connectivity index (χ0v) is 24.2. The van der Waals surface area contributed by atoms with Gasteiger partial charge in [-0.15, -0.1) is 0 Å². The molecule has 4 rings (SSSR count). The van der Waals surface area contributed by atoms with Crippen LogP contribution in [0.4, 0.5) is 5.69 Å². The Labute approximate surface area is 241 Å². The smallest absolute Gasteiger partial charge is 0.459 e. The number of aromatic nitrogens is 2. The first-order chi connectivity index (χ1) is 19.5. The van der Waals surface area contributed by atoms with Crippen molar-refractivity contribution < 1.29 is 37.9 Å². The molecule has 1 saturated heterocycles. The molecule has 2 aliphatic rings. The summed E-state index contributed by atoms with van der Waals surface area (Å²) in [5.41, 5.74) is -2.79. The van der Waals surface area contributed by atoms with Gasteiger partial charge in [-0.05, 0) is 36.0 Å². The van der Waals surface area contributed by atoms with E-state index in [9.17, 15) is 34.2 Å². The number of hydrogen-bond acceptors (Lipinski definition) is 11. The van der Waals surface area contributed by atoms with Crippen molar-refractivity contribution in [3.05, 3.63) is 72.0 Å². The average Bonchev–Trinajstić information content (AvgIpc) is 3.55. The van der Waals surface area contributed by atoms with Crippen molar-refractivity contribution in [2.45, 2.75) is 56.1 Å². The predicted octanol–water partition coefficient (Wildman–Crippen LogP) is 2.74. The van der Waals surface area contributed by atoms with Crippen LogP contribution in [-0.4, -0.2) is 57.0 Å². The maximum atomic E-state index is 14.1. The minimum Gasteiger partial charge on any atom is -0.468 e. The lowest BCUT2D eigenvalue weighted by molar-refractivity contribution is -0.384. The molecule has 1 aliphatic heterocycles. The van der Waals surface area contributed by atoms with E-state index >= 15 is 0 Å². The molecule has 2 unspecified atom stereocenters. The third-order valence-electron chi connectivity index (χ3n) is 6.82. The molecule has 1 aromatic heterocycles. The first-order valence-electron chi connectivity index (χ1n) is 12.5. The number of esters is 1. The van der Waals surface area contributed by atoms with Gasteiger partial charge in [-0.1, -0.05) is 28.8 Å². The average molecular weight is 659 g/mol. The molecule has 1 saturated carbocycles. The highest BCUT2D eigenvalue weighted by molar-refractivity contribution is 9.11. The highest BCUT2D eigenvalue weighted by atomic mass is 79.9. The third-order valence-corrected chi connectivity index (χ3v) is 8.72. The Hall–Kier alpha value is -3.14. The van der Waals surface area contributed by atoms with Crippen molar-refractivity contribution in [2.24, 2.45) is 0 Å². The number of nitrogens with zero attached hydrogens (tertiary/aromatic N) is 2. The van der Waals surface area contributed by atoms with E-state index in [4.69, 9.17) is 18.5 Å². The van der Waals surface area contributed by atoms with E-state index in [0.29, 0.717) is 25.7 Å². The lowest BCUT2D eigenvalue weighted by Gasteiger charge is -2.31. The van der Waals surface area contributed by atoms with Crippen molar-refractivity contribution >= 4 is 41.4 Å². The normalized spacial score (nSPS) is 23.3. The van der Waals surface area contributed by atoms with Crippen LogP contribution in [0.25, 0.3) is 6.08 Å². The molecule has 1 aromatic carbocycles. The fraction of sp³-hybridized carbons (Fsp3) is 0.458. The van der Waals surface area contributed by atoms with Crippen LogP contribution in [0.1, 0.15) is 43.9 Å². The maximum absolute atomic E-state index is 14.1. The number of non-ortho nitro benzene ring substituents is 1. The number of aromatic amines is 1. The first-order valence-corrected chi connectivity index (χ1v) is 15.0. The van der Waals surface area contributed by atoms with Crippen molar-refractivity contribution in [1.82, 2.24) is 14.6 Å². The summed E-state index contributed by atoms with van der Waals surface area (Å²) in [4.78, 5) is 51.2. The molecule has 2 heterocycles. The van der Waals surface area contributed by atoms with E-state index in [1.165, 1.54) is 36.5 Å². The molecule has 2 fully saturated rings. The summed E-state index contributed by atoms with van der Waals surface area (Å²) in [6.45, 7) is -0.488. The molecule has 4 atom stereocenters. The number of carbonyl (C=O) groups excluding carboxylic acids is 1. The number of nitrogens with one attached hydrogen (secondary N) is 2. The van der Waals surface area contributed by atoms with Gasteiger partial charge in [0.05, 0.1) is 30.3 Å². The van der Waals surface area contributed by atoms with Gasteiger partial charge in [-0.3, -0.25) is 33.8 Å². The second kappa shape index (κ2) is 12.8. The Morgan fingerprint density at radius 2 is 2.02 bits per heavy atom. The molecule has 41 heavy (non-hydrogen) atoms. The Morgan fingerprint density at radius 1 is 1.34 bits per heavy atom. The Bertz CT molecular complexity index is 1470. The Balaban J connectivity index is 1.56. The van der Waals surface area contributed by atoms with Crippen molar-refractivity contribution in [3.63, 3.8) is 0 Å². The summed E-state index contributed by atoms with van der Waals surface area (Å²) in [5, 5.41) is 24.4. The van der Waals surface area contributed by atoms with Gasteiger partial charge in [0.25, 0.3) is 11.2 Å². The standard InChI is InChI=1S/C24H28BrN4O11P/c1-37-22(32)24(9-2-3-10-24)27-41(36,40-17-6-4-16(5-7-17)29(34)35)38-14-19-18(30)12-20(39-19)28-13-15(8-11-25)21(31)26-23(28)33/h4-8,11,13,18-20,30H,2-3,9-10,12,14H2,1H3,(H,27,36)(H,26,31,33)/b11-8+/t18-,19?,20-,41?/m1/s1. The number of methoxy groups -OCH3 is 1. The summed E-state index contributed by atoms with van der Waals surface area (Å²) in [5.74, 6) is -0.698. The van der Waals surface area contributed by atoms with Crippen LogP contribution < -0.4 is 20.9 Å². The van der Waals surface area contributed by atoms with Crippen LogP contribution in [0.3, 0.4) is 0 Å². The zero-order chi connectivity index (χ0) is 29.8. The molecule has 0 radical (unpaired) electrons. The fourth-order valence-electron chi connectivity index (χ4n) is 4.76. The van der Waals surface area contributed by atoms with Crippen LogP contribution in [0.2, 0.25) is 0 Å². The number of aliphatic hydroxyl groups excluding tert-OH is 1. The number of ether oxygens (including phenoxy) is 2. The molecular weight excluding hydrogens is 631 g/mol. The predicted molar refractivity (Wildman–Crippen MR) is 147 cm³/mol. The molecule has 3 N–H and O–H groups in total. The van der Waals surface area contributed by atoms with Crippen LogP contribution in [0.15, 0.2) is 45.0 Å². The van der Waals surface area contributed by atoms with Crippen LogP contribution in [-0.2, 0) is 23.4 Å². The monoisotopic (exact) mass is 658 g/mol. The first kappa shape index (κ1) is 30.8. The highest BCUT2D eigenvalue weighted by Crippen LogP contribution is 2.50. The van der Waals surface area contributed by atoms with E-state index < -0.39 is 60.5 Å². The molecule has 1 aliphatic carbocycles. The summed E-state index contributed by atoms with van der Waals surface area (Å²) in [7, 11) is -3.21. The lowest BCUT2D eigenvalue weighted by atomic mass is 10.00. The molecular formula is C24H28BrN4O11P. The van der Waals surface area contributed by atoms with Gasteiger partial charge in [-0.2, -0.15) is 5.09 Å². The van der Waals surface area contributed by atoms with Crippen LogP contribution in [0.5, 0.6) is 5.75 Å². The molecule has 15 nitrogen and oxygen atoms in total. The minimum absolute atomic E-state index is 0.0395.